The van der Waals surface area contributed by atoms with E-state index in [2.05, 4.69) is 48.9 Å². The van der Waals surface area contributed by atoms with E-state index in [1.165, 1.54) is 18.3 Å². The number of nitrogens with zero attached hydrogens (tertiary/aromatic N) is 1. The van der Waals surface area contributed by atoms with Crippen molar-refractivity contribution >= 4 is 79.5 Å². The number of hydrogen-bond acceptors (Lipinski definition) is 7. The van der Waals surface area contributed by atoms with E-state index in [4.69, 9.17) is 17.2 Å². The molecule has 10 N–H and O–H groups in total. The minimum absolute atomic E-state index is 0.0696. The summed E-state index contributed by atoms with van der Waals surface area (Å²) in [6.07, 6.45) is 0.771. The van der Waals surface area contributed by atoms with E-state index in [1.807, 2.05) is 109 Å². The highest BCUT2D eigenvalue weighted by molar-refractivity contribution is 14.1. The van der Waals surface area contributed by atoms with Crippen molar-refractivity contribution in [3.8, 4) is 11.1 Å². The maximum Gasteiger partial charge on any atom is 0.243 e. The van der Waals surface area contributed by atoms with Gasteiger partial charge in [-0.25, -0.2) is 0 Å². The Morgan fingerprint density at radius 3 is 1.81 bits per heavy atom. The average molecular weight is 915 g/mol. The fourth-order valence-electron chi connectivity index (χ4n) is 6.44. The summed E-state index contributed by atoms with van der Waals surface area (Å²) < 4.78 is 2.01. The first-order valence-corrected chi connectivity index (χ1v) is 20.7. The number of halogens is 1. The molecular formula is C43H47IN8O5S. The zero-order chi connectivity index (χ0) is 41.6. The number of guanidine groups is 1. The lowest BCUT2D eigenvalue weighted by Crippen LogP contribution is -2.59. The van der Waals surface area contributed by atoms with E-state index in [1.54, 1.807) is 0 Å². The summed E-state index contributed by atoms with van der Waals surface area (Å²) in [4.78, 5) is 71.2. The molecule has 0 spiro atoms. The van der Waals surface area contributed by atoms with Crippen molar-refractivity contribution in [2.45, 2.75) is 63.2 Å². The highest BCUT2D eigenvalue weighted by Gasteiger charge is 2.31. The lowest BCUT2D eigenvalue weighted by atomic mass is 9.99. The zero-order valence-corrected chi connectivity index (χ0v) is 34.9. The standard InChI is InChI=1S/C43H47IN8O5S/c1-26(53)49-37(24-31-25-58-38-12-6-5-10-33(31)38)42(57)50-34(11-7-21-48-43(46)47)40(55)52-36(23-28-15-19-32(44)20-16-28)41(56)51-35(39(45)54)22-27-13-17-30(18-14-27)29-8-3-2-4-9-29/h2-6,8-10,12-20,25,34-37H,7,11,21-24H2,1H3,(H2,45,54)(H,49,53)(H,50,57)(H,51,56)(H,52,55)(H4,46,47,48)/t34-,35-,36+,37-/m0/s1. The number of nitrogens with two attached hydrogens (primary N) is 3. The van der Waals surface area contributed by atoms with Crippen LogP contribution in [0.4, 0.5) is 0 Å². The second-order valence-corrected chi connectivity index (χ2v) is 16.0. The summed E-state index contributed by atoms with van der Waals surface area (Å²) in [5, 5.41) is 14.0. The molecule has 0 aliphatic rings. The third kappa shape index (κ3) is 12.9. The molecule has 0 radical (unpaired) electrons. The Kier molecular flexibility index (Phi) is 15.8. The minimum atomic E-state index is -1.17. The van der Waals surface area contributed by atoms with Gasteiger partial charge >= 0.3 is 0 Å². The SMILES string of the molecule is CC(=O)N[C@@H](Cc1csc2ccccc12)C(=O)N[C@@H](CCCN=C(N)N)C(=O)N[C@H](Cc1ccc(I)cc1)C(=O)N[C@@H](Cc1ccc(-c2ccccc2)cc1)C(N)=O. The van der Waals surface area contributed by atoms with E-state index >= 15 is 0 Å². The molecule has 1 heterocycles. The van der Waals surface area contributed by atoms with Gasteiger partial charge in [-0.05, 0) is 92.2 Å². The van der Waals surface area contributed by atoms with Gasteiger partial charge in [0.2, 0.25) is 29.5 Å². The van der Waals surface area contributed by atoms with Crippen LogP contribution in [0, 0.1) is 3.57 Å². The summed E-state index contributed by atoms with van der Waals surface area (Å²) in [7, 11) is 0. The van der Waals surface area contributed by atoms with Crippen molar-refractivity contribution in [3.05, 3.63) is 129 Å². The Morgan fingerprint density at radius 2 is 1.17 bits per heavy atom. The lowest BCUT2D eigenvalue weighted by molar-refractivity contribution is -0.134. The summed E-state index contributed by atoms with van der Waals surface area (Å²) in [6, 6.07) is 28.2. The molecule has 5 rings (SSSR count). The number of nitrogens with one attached hydrogen (secondary N) is 4. The molecule has 4 aromatic carbocycles. The van der Waals surface area contributed by atoms with Gasteiger partial charge in [0.25, 0.3) is 0 Å². The Labute approximate surface area is 354 Å². The lowest BCUT2D eigenvalue weighted by Gasteiger charge is -2.26. The van der Waals surface area contributed by atoms with Gasteiger partial charge in [0.05, 0.1) is 0 Å². The first kappa shape index (κ1) is 43.3. The predicted molar refractivity (Wildman–Crippen MR) is 236 cm³/mol. The minimum Gasteiger partial charge on any atom is -0.370 e. The number of rotatable bonds is 19. The number of hydrogen-bond donors (Lipinski definition) is 7. The molecule has 58 heavy (non-hydrogen) atoms. The van der Waals surface area contributed by atoms with E-state index in [0.717, 1.165) is 41.5 Å². The first-order chi connectivity index (χ1) is 27.9. The van der Waals surface area contributed by atoms with Crippen LogP contribution in [-0.2, 0) is 43.2 Å². The van der Waals surface area contributed by atoms with Crippen molar-refractivity contribution in [2.75, 3.05) is 6.54 Å². The van der Waals surface area contributed by atoms with Gasteiger partial charge in [-0.3, -0.25) is 29.0 Å². The van der Waals surface area contributed by atoms with Crippen LogP contribution in [0.15, 0.2) is 114 Å². The Morgan fingerprint density at radius 1 is 0.638 bits per heavy atom. The van der Waals surface area contributed by atoms with Crippen molar-refractivity contribution in [2.24, 2.45) is 22.2 Å². The predicted octanol–water partition coefficient (Wildman–Crippen LogP) is 3.70. The topological polar surface area (TPSA) is 224 Å². The van der Waals surface area contributed by atoms with Gasteiger partial charge in [0.1, 0.15) is 24.2 Å². The van der Waals surface area contributed by atoms with Gasteiger partial charge in [0, 0.05) is 41.0 Å². The number of aliphatic imine (C=N–C) groups is 1. The summed E-state index contributed by atoms with van der Waals surface area (Å²) in [6.45, 7) is 1.50. The largest absolute Gasteiger partial charge is 0.370 e. The summed E-state index contributed by atoms with van der Waals surface area (Å²) in [5.74, 6) is -3.16. The maximum atomic E-state index is 14.2. The molecule has 0 bridgehead atoms. The Hall–Kier alpha value is -5.81. The Balaban J connectivity index is 1.36. The van der Waals surface area contributed by atoms with Crippen LogP contribution >= 0.6 is 33.9 Å². The number of amides is 5. The van der Waals surface area contributed by atoms with E-state index < -0.39 is 53.7 Å². The van der Waals surface area contributed by atoms with Crippen LogP contribution in [-0.4, -0.2) is 66.2 Å². The fourth-order valence-corrected chi connectivity index (χ4v) is 7.78. The van der Waals surface area contributed by atoms with Crippen molar-refractivity contribution < 1.29 is 24.0 Å². The summed E-state index contributed by atoms with van der Waals surface area (Å²) >= 11 is 3.70. The second kappa shape index (κ2) is 21.1. The van der Waals surface area contributed by atoms with Gasteiger partial charge in [-0.15, -0.1) is 11.3 Å². The third-order valence-corrected chi connectivity index (χ3v) is 11.1. The monoisotopic (exact) mass is 914 g/mol. The number of thiophene rings is 1. The molecule has 5 amide bonds. The van der Waals surface area contributed by atoms with Gasteiger partial charge < -0.3 is 38.5 Å². The molecule has 13 nitrogen and oxygen atoms in total. The van der Waals surface area contributed by atoms with Crippen LogP contribution < -0.4 is 38.5 Å². The molecule has 0 unspecified atom stereocenters. The third-order valence-electron chi connectivity index (χ3n) is 9.40. The molecule has 0 saturated carbocycles. The number of benzene rings is 4. The molecule has 1 aromatic heterocycles. The molecule has 5 aromatic rings. The average Bonchev–Trinajstić information content (AvgIpc) is 3.61. The maximum absolute atomic E-state index is 14.2. The van der Waals surface area contributed by atoms with Crippen LogP contribution in [0.25, 0.3) is 21.2 Å². The van der Waals surface area contributed by atoms with Crippen molar-refractivity contribution in [1.29, 1.82) is 0 Å². The molecule has 0 aliphatic heterocycles. The van der Waals surface area contributed by atoms with Gasteiger partial charge in [-0.2, -0.15) is 0 Å². The van der Waals surface area contributed by atoms with Crippen LogP contribution in [0.5, 0.6) is 0 Å². The number of fused-ring (bicyclic) bond motifs is 1. The van der Waals surface area contributed by atoms with E-state index in [9.17, 15) is 24.0 Å². The zero-order valence-electron chi connectivity index (χ0n) is 32.0. The van der Waals surface area contributed by atoms with Gasteiger partial charge in [0.15, 0.2) is 5.96 Å². The number of primary amides is 1. The highest BCUT2D eigenvalue weighted by atomic mass is 127. The highest BCUT2D eigenvalue weighted by Crippen LogP contribution is 2.27. The molecule has 0 aliphatic carbocycles. The second-order valence-electron chi connectivity index (χ2n) is 13.8. The Bertz CT molecular complexity index is 2230. The smallest absolute Gasteiger partial charge is 0.243 e. The normalized spacial score (nSPS) is 13.0. The molecule has 0 fully saturated rings. The first-order valence-electron chi connectivity index (χ1n) is 18.7. The van der Waals surface area contributed by atoms with Crippen molar-refractivity contribution in [3.63, 3.8) is 0 Å². The van der Waals surface area contributed by atoms with Gasteiger partial charge in [-0.1, -0.05) is 84.9 Å². The fraction of sp³-hybridized carbons (Fsp3) is 0.256. The van der Waals surface area contributed by atoms with E-state index in [0.29, 0.717) is 6.42 Å². The van der Waals surface area contributed by atoms with Crippen LogP contribution in [0.3, 0.4) is 0 Å². The molecule has 302 valence electrons. The quantitative estimate of drug-likeness (QED) is 0.0282. The van der Waals surface area contributed by atoms with Crippen LogP contribution in [0.1, 0.15) is 36.5 Å². The van der Waals surface area contributed by atoms with Crippen LogP contribution in [0.2, 0.25) is 0 Å². The van der Waals surface area contributed by atoms with E-state index in [-0.39, 0.29) is 38.2 Å². The molecular weight excluding hydrogens is 867 g/mol. The number of carbonyl (C=O) groups is 5. The van der Waals surface area contributed by atoms with Crippen molar-refractivity contribution in [1.82, 2.24) is 21.3 Å². The summed E-state index contributed by atoms with van der Waals surface area (Å²) in [5.41, 5.74) is 21.3. The molecule has 0 saturated heterocycles. The molecule has 4 atom stereocenters. The number of carbonyl (C=O) groups excluding carboxylic acids is 5. The molecule has 15 heteroatoms.